The van der Waals surface area contributed by atoms with E-state index in [-0.39, 0.29) is 0 Å². The van der Waals surface area contributed by atoms with Gasteiger partial charge in [-0.1, -0.05) is 21.1 Å². The molecule has 6 heteroatoms. The smallest absolute Gasteiger partial charge is 0.203 e. The minimum Gasteiger partial charge on any atom is -0.493 e. The summed E-state index contributed by atoms with van der Waals surface area (Å²) in [6.45, 7) is 0. The van der Waals surface area contributed by atoms with Crippen LogP contribution in [0.25, 0.3) is 22.5 Å². The van der Waals surface area contributed by atoms with E-state index >= 15 is 0 Å². The normalized spacial score (nSPS) is 10.5. The quantitative estimate of drug-likeness (QED) is 0.627. The molecule has 0 atom stereocenters. The maximum atomic E-state index is 5.47. The zero-order chi connectivity index (χ0) is 17.1. The molecule has 0 bridgehead atoms. The van der Waals surface area contributed by atoms with E-state index in [0.29, 0.717) is 23.0 Å². The van der Waals surface area contributed by atoms with E-state index in [1.165, 1.54) is 0 Å². The predicted molar refractivity (Wildman–Crippen MR) is 94.7 cm³/mol. The molecule has 0 amide bonds. The van der Waals surface area contributed by atoms with E-state index in [4.69, 9.17) is 18.7 Å². The van der Waals surface area contributed by atoms with E-state index in [1.54, 1.807) is 27.5 Å². The highest BCUT2D eigenvalue weighted by Gasteiger charge is 2.18. The standard InChI is InChI=1S/C18H16BrNO4/c1-21-15-8-12(9-16(22-2)18(15)23-3)14-10-20-24-17(14)11-4-6-13(19)7-5-11/h4-10H,1-3H3. The lowest BCUT2D eigenvalue weighted by molar-refractivity contribution is 0.324. The molecule has 0 fully saturated rings. The van der Waals surface area contributed by atoms with E-state index in [0.717, 1.165) is 21.2 Å². The molecule has 124 valence electrons. The lowest BCUT2D eigenvalue weighted by atomic mass is 10.0. The zero-order valence-corrected chi connectivity index (χ0v) is 15.1. The summed E-state index contributed by atoms with van der Waals surface area (Å²) >= 11 is 3.43. The van der Waals surface area contributed by atoms with E-state index in [9.17, 15) is 0 Å². The molecule has 1 aromatic heterocycles. The van der Waals surface area contributed by atoms with Crippen molar-refractivity contribution >= 4 is 15.9 Å². The Labute approximate surface area is 148 Å². The van der Waals surface area contributed by atoms with Gasteiger partial charge in [-0.15, -0.1) is 0 Å². The third-order valence-electron chi connectivity index (χ3n) is 3.65. The molecule has 5 nitrogen and oxygen atoms in total. The summed E-state index contributed by atoms with van der Waals surface area (Å²) in [5.41, 5.74) is 2.64. The Morgan fingerprint density at radius 3 is 2.04 bits per heavy atom. The molecular weight excluding hydrogens is 374 g/mol. The summed E-state index contributed by atoms with van der Waals surface area (Å²) in [7, 11) is 4.75. The number of aromatic nitrogens is 1. The molecule has 24 heavy (non-hydrogen) atoms. The molecule has 0 spiro atoms. The number of ether oxygens (including phenoxy) is 3. The number of hydrogen-bond acceptors (Lipinski definition) is 5. The van der Waals surface area contributed by atoms with Crippen molar-refractivity contribution in [3.8, 4) is 39.7 Å². The maximum absolute atomic E-state index is 5.47. The molecule has 0 saturated heterocycles. The van der Waals surface area contributed by atoms with Gasteiger partial charge in [-0.2, -0.15) is 0 Å². The fraction of sp³-hybridized carbons (Fsp3) is 0.167. The van der Waals surface area contributed by atoms with Crippen molar-refractivity contribution < 1.29 is 18.7 Å². The minimum absolute atomic E-state index is 0.547. The Hall–Kier alpha value is -2.47. The average Bonchev–Trinajstić information content (AvgIpc) is 3.10. The highest BCUT2D eigenvalue weighted by molar-refractivity contribution is 9.10. The van der Waals surface area contributed by atoms with Gasteiger partial charge in [0, 0.05) is 15.6 Å². The first kappa shape index (κ1) is 16.4. The highest BCUT2D eigenvalue weighted by Crippen LogP contribution is 2.43. The van der Waals surface area contributed by atoms with Gasteiger partial charge in [0.05, 0.1) is 27.5 Å². The Kier molecular flexibility index (Phi) is 4.76. The molecule has 3 aromatic rings. The SMILES string of the molecule is COc1cc(-c2cnoc2-c2ccc(Br)cc2)cc(OC)c1OC. The molecule has 2 aromatic carbocycles. The highest BCUT2D eigenvalue weighted by atomic mass is 79.9. The number of hydrogen-bond donors (Lipinski definition) is 0. The Morgan fingerprint density at radius 1 is 0.875 bits per heavy atom. The Bertz CT molecular complexity index is 817. The van der Waals surface area contributed by atoms with Crippen LogP contribution >= 0.6 is 15.9 Å². The van der Waals surface area contributed by atoms with E-state index in [2.05, 4.69) is 21.1 Å². The first-order chi connectivity index (χ1) is 11.7. The van der Waals surface area contributed by atoms with Crippen LogP contribution in [0, 0.1) is 0 Å². The molecule has 0 saturated carbocycles. The van der Waals surface area contributed by atoms with Crippen molar-refractivity contribution in [3.63, 3.8) is 0 Å². The number of methoxy groups -OCH3 is 3. The summed E-state index contributed by atoms with van der Waals surface area (Å²) < 4.78 is 22.7. The molecule has 1 heterocycles. The van der Waals surface area contributed by atoms with E-state index < -0.39 is 0 Å². The van der Waals surface area contributed by atoms with E-state index in [1.807, 2.05) is 36.4 Å². The second-order valence-corrected chi connectivity index (χ2v) is 5.91. The average molecular weight is 390 g/mol. The summed E-state index contributed by atoms with van der Waals surface area (Å²) in [5.74, 6) is 2.38. The number of halogens is 1. The maximum Gasteiger partial charge on any atom is 0.203 e. The summed E-state index contributed by atoms with van der Waals surface area (Å²) in [6.07, 6.45) is 1.68. The van der Waals surface area contributed by atoms with Gasteiger partial charge in [0.2, 0.25) is 5.75 Å². The van der Waals surface area contributed by atoms with Crippen LogP contribution in [0.1, 0.15) is 0 Å². The first-order valence-electron chi connectivity index (χ1n) is 7.19. The van der Waals surface area contributed by atoms with Gasteiger partial charge in [0.15, 0.2) is 17.3 Å². The van der Waals surface area contributed by atoms with Crippen LogP contribution in [-0.2, 0) is 0 Å². The van der Waals surface area contributed by atoms with Gasteiger partial charge in [-0.05, 0) is 42.0 Å². The van der Waals surface area contributed by atoms with Gasteiger partial charge >= 0.3 is 0 Å². The molecule has 0 radical (unpaired) electrons. The van der Waals surface area contributed by atoms with Crippen molar-refractivity contribution in [1.29, 1.82) is 0 Å². The lowest BCUT2D eigenvalue weighted by Crippen LogP contribution is -1.95. The Morgan fingerprint density at radius 2 is 1.50 bits per heavy atom. The fourth-order valence-corrected chi connectivity index (χ4v) is 2.76. The summed E-state index contributed by atoms with van der Waals surface area (Å²) in [5, 5.41) is 3.95. The van der Waals surface area contributed by atoms with Gasteiger partial charge in [-0.25, -0.2) is 0 Å². The number of rotatable bonds is 5. The largest absolute Gasteiger partial charge is 0.493 e. The van der Waals surface area contributed by atoms with Gasteiger partial charge in [0.1, 0.15) is 0 Å². The van der Waals surface area contributed by atoms with Crippen LogP contribution in [0.2, 0.25) is 0 Å². The molecule has 0 aliphatic rings. The van der Waals surface area contributed by atoms with Crippen LogP contribution in [0.5, 0.6) is 17.2 Å². The first-order valence-corrected chi connectivity index (χ1v) is 7.98. The minimum atomic E-state index is 0.547. The van der Waals surface area contributed by atoms with Gasteiger partial charge in [0.25, 0.3) is 0 Å². The van der Waals surface area contributed by atoms with Crippen LogP contribution in [0.15, 0.2) is 51.6 Å². The molecular formula is C18H16BrNO4. The monoisotopic (exact) mass is 389 g/mol. The van der Waals surface area contributed by atoms with Crippen molar-refractivity contribution in [2.45, 2.75) is 0 Å². The predicted octanol–water partition coefficient (Wildman–Crippen LogP) is 4.80. The number of benzene rings is 2. The molecule has 0 aliphatic heterocycles. The second kappa shape index (κ2) is 6.97. The summed E-state index contributed by atoms with van der Waals surface area (Å²) in [4.78, 5) is 0. The molecule has 0 unspecified atom stereocenters. The van der Waals surface area contributed by atoms with Crippen molar-refractivity contribution in [3.05, 3.63) is 47.1 Å². The van der Waals surface area contributed by atoms with Crippen LogP contribution in [0.3, 0.4) is 0 Å². The van der Waals surface area contributed by atoms with Crippen molar-refractivity contribution in [2.24, 2.45) is 0 Å². The van der Waals surface area contributed by atoms with Crippen molar-refractivity contribution in [2.75, 3.05) is 21.3 Å². The van der Waals surface area contributed by atoms with Crippen LogP contribution < -0.4 is 14.2 Å². The number of nitrogens with zero attached hydrogens (tertiary/aromatic N) is 1. The molecule has 3 rings (SSSR count). The Balaban J connectivity index is 2.14. The fourth-order valence-electron chi connectivity index (χ4n) is 2.49. The molecule has 0 N–H and O–H groups in total. The lowest BCUT2D eigenvalue weighted by Gasteiger charge is -2.14. The second-order valence-electron chi connectivity index (χ2n) is 4.99. The van der Waals surface area contributed by atoms with Crippen LogP contribution in [-0.4, -0.2) is 26.5 Å². The zero-order valence-electron chi connectivity index (χ0n) is 13.5. The topological polar surface area (TPSA) is 53.7 Å². The van der Waals surface area contributed by atoms with Gasteiger partial charge < -0.3 is 18.7 Å². The van der Waals surface area contributed by atoms with Crippen molar-refractivity contribution in [1.82, 2.24) is 5.16 Å². The third-order valence-corrected chi connectivity index (χ3v) is 4.18. The molecule has 0 aliphatic carbocycles. The summed E-state index contributed by atoms with van der Waals surface area (Å²) in [6, 6.07) is 11.6. The van der Waals surface area contributed by atoms with Crippen LogP contribution in [0.4, 0.5) is 0 Å². The van der Waals surface area contributed by atoms with Gasteiger partial charge in [-0.3, -0.25) is 0 Å². The third kappa shape index (κ3) is 2.97.